The first kappa shape index (κ1) is 14.3. The third-order valence-electron chi connectivity index (χ3n) is 3.96. The van der Waals surface area contributed by atoms with Crippen LogP contribution < -0.4 is 0 Å². The molecule has 0 bridgehead atoms. The van der Waals surface area contributed by atoms with E-state index in [0.29, 0.717) is 6.61 Å². The van der Waals surface area contributed by atoms with Crippen molar-refractivity contribution in [1.29, 1.82) is 0 Å². The summed E-state index contributed by atoms with van der Waals surface area (Å²) >= 11 is 1.49. The van der Waals surface area contributed by atoms with E-state index < -0.39 is 0 Å². The number of hydrogen-bond acceptors (Lipinski definition) is 4. The second kappa shape index (κ2) is 5.74. The molecule has 0 unspecified atom stereocenters. The molecule has 0 amide bonds. The Morgan fingerprint density at radius 3 is 2.70 bits per heavy atom. The molecule has 1 fully saturated rings. The maximum absolute atomic E-state index is 11.8. The molecule has 5 heteroatoms. The van der Waals surface area contributed by atoms with Gasteiger partial charge < -0.3 is 4.74 Å². The Hall–Kier alpha value is -2.27. The first-order chi connectivity index (χ1) is 11.2. The number of carbonyl (C=O) groups excluding carboxylic acids is 1. The van der Waals surface area contributed by atoms with Crippen LogP contribution in [-0.4, -0.2) is 27.4 Å². The number of thioether (sulfide) groups is 1. The van der Waals surface area contributed by atoms with Crippen molar-refractivity contribution >= 4 is 28.8 Å². The standard InChI is InChI=1S/C18H16N2O2S/c1-12-6-8-13(9-7-12)20-15-5-3-2-4-14(15)19-18(20)23-16-10-11-22-17(16)21/h2-9,16H,10-11H2,1H3/t16-/m0/s1. The molecule has 4 nitrogen and oxygen atoms in total. The van der Waals surface area contributed by atoms with Gasteiger partial charge in [-0.1, -0.05) is 41.6 Å². The molecule has 1 atom stereocenters. The molecule has 0 aliphatic carbocycles. The molecule has 3 aromatic rings. The first-order valence-corrected chi connectivity index (χ1v) is 8.48. The molecule has 1 aromatic heterocycles. The highest BCUT2D eigenvalue weighted by Gasteiger charge is 2.29. The average Bonchev–Trinajstić information content (AvgIpc) is 3.12. The second-order valence-corrected chi connectivity index (χ2v) is 6.79. The van der Waals surface area contributed by atoms with Gasteiger partial charge in [-0.3, -0.25) is 9.36 Å². The summed E-state index contributed by atoms with van der Waals surface area (Å²) < 4.78 is 7.19. The zero-order valence-corrected chi connectivity index (χ0v) is 13.5. The lowest BCUT2D eigenvalue weighted by molar-refractivity contribution is -0.137. The van der Waals surface area contributed by atoms with Crippen molar-refractivity contribution in [3.8, 4) is 5.69 Å². The summed E-state index contributed by atoms with van der Waals surface area (Å²) in [4.78, 5) is 16.5. The number of aromatic nitrogens is 2. The minimum absolute atomic E-state index is 0.141. The number of benzene rings is 2. The molecule has 2 heterocycles. The number of hydrogen-bond donors (Lipinski definition) is 0. The number of aryl methyl sites for hydroxylation is 1. The van der Waals surface area contributed by atoms with Gasteiger partial charge in [-0.25, -0.2) is 4.98 Å². The highest BCUT2D eigenvalue weighted by Crippen LogP contribution is 2.33. The zero-order valence-electron chi connectivity index (χ0n) is 12.7. The number of ether oxygens (including phenoxy) is 1. The van der Waals surface area contributed by atoms with Crippen LogP contribution in [0.4, 0.5) is 0 Å². The van der Waals surface area contributed by atoms with Gasteiger partial charge in [0.25, 0.3) is 0 Å². The molecular weight excluding hydrogens is 308 g/mol. The summed E-state index contributed by atoms with van der Waals surface area (Å²) in [5.41, 5.74) is 4.25. The molecule has 1 aliphatic rings. The third kappa shape index (κ3) is 2.61. The van der Waals surface area contributed by atoms with E-state index in [4.69, 9.17) is 9.72 Å². The number of fused-ring (bicyclic) bond motifs is 1. The fourth-order valence-electron chi connectivity index (χ4n) is 2.74. The van der Waals surface area contributed by atoms with Crippen molar-refractivity contribution in [1.82, 2.24) is 9.55 Å². The fraction of sp³-hybridized carbons (Fsp3) is 0.222. The van der Waals surface area contributed by atoms with Gasteiger partial charge in [-0.15, -0.1) is 0 Å². The van der Waals surface area contributed by atoms with Crippen LogP contribution in [0.3, 0.4) is 0 Å². The maximum Gasteiger partial charge on any atom is 0.319 e. The molecule has 1 saturated heterocycles. The van der Waals surface area contributed by atoms with Crippen molar-refractivity contribution in [3.05, 3.63) is 54.1 Å². The topological polar surface area (TPSA) is 44.1 Å². The molecule has 4 rings (SSSR count). The monoisotopic (exact) mass is 324 g/mol. The van der Waals surface area contributed by atoms with Crippen LogP contribution in [-0.2, 0) is 9.53 Å². The number of nitrogens with zero attached hydrogens (tertiary/aromatic N) is 2. The number of carbonyl (C=O) groups is 1. The Bertz CT molecular complexity index is 870. The maximum atomic E-state index is 11.8. The summed E-state index contributed by atoms with van der Waals surface area (Å²) in [5, 5.41) is 0.662. The molecule has 116 valence electrons. The Morgan fingerprint density at radius 1 is 1.17 bits per heavy atom. The number of esters is 1. The van der Waals surface area contributed by atoms with E-state index in [1.54, 1.807) is 0 Å². The molecule has 1 aliphatic heterocycles. The van der Waals surface area contributed by atoms with Crippen LogP contribution in [0.1, 0.15) is 12.0 Å². The molecule has 0 spiro atoms. The summed E-state index contributed by atoms with van der Waals surface area (Å²) in [6, 6.07) is 16.4. The predicted octanol–water partition coefficient (Wildman–Crippen LogP) is 3.74. The largest absolute Gasteiger partial charge is 0.465 e. The fourth-order valence-corrected chi connectivity index (χ4v) is 3.83. The Kier molecular flexibility index (Phi) is 3.58. The number of para-hydroxylation sites is 2. The van der Waals surface area contributed by atoms with Crippen molar-refractivity contribution in [3.63, 3.8) is 0 Å². The number of imidazole rings is 1. The van der Waals surface area contributed by atoms with Crippen LogP contribution in [0.2, 0.25) is 0 Å². The second-order valence-electron chi connectivity index (χ2n) is 5.62. The van der Waals surface area contributed by atoms with Gasteiger partial charge in [0.15, 0.2) is 5.16 Å². The van der Waals surface area contributed by atoms with Crippen LogP contribution in [0.15, 0.2) is 53.7 Å². The lowest BCUT2D eigenvalue weighted by Crippen LogP contribution is -2.11. The molecule has 23 heavy (non-hydrogen) atoms. The zero-order chi connectivity index (χ0) is 15.8. The normalized spacial score (nSPS) is 17.6. The van der Waals surface area contributed by atoms with Gasteiger partial charge in [0.1, 0.15) is 5.25 Å². The molecule has 0 N–H and O–H groups in total. The van der Waals surface area contributed by atoms with Crippen LogP contribution in [0.5, 0.6) is 0 Å². The van der Waals surface area contributed by atoms with Crippen molar-refractivity contribution in [2.24, 2.45) is 0 Å². The van der Waals surface area contributed by atoms with E-state index in [0.717, 1.165) is 28.3 Å². The lowest BCUT2D eigenvalue weighted by atomic mass is 10.2. The van der Waals surface area contributed by atoms with Gasteiger partial charge in [0, 0.05) is 12.1 Å². The third-order valence-corrected chi connectivity index (χ3v) is 5.15. The highest BCUT2D eigenvalue weighted by molar-refractivity contribution is 8.00. The Morgan fingerprint density at radius 2 is 1.96 bits per heavy atom. The smallest absolute Gasteiger partial charge is 0.319 e. The van der Waals surface area contributed by atoms with E-state index in [2.05, 4.69) is 41.8 Å². The lowest BCUT2D eigenvalue weighted by Gasteiger charge is -2.10. The quantitative estimate of drug-likeness (QED) is 0.688. The van der Waals surface area contributed by atoms with Crippen molar-refractivity contribution in [2.45, 2.75) is 23.8 Å². The molecule has 2 aromatic carbocycles. The van der Waals surface area contributed by atoms with Crippen LogP contribution >= 0.6 is 11.8 Å². The Balaban J connectivity index is 1.84. The van der Waals surface area contributed by atoms with Crippen LogP contribution in [0.25, 0.3) is 16.7 Å². The molecule has 0 saturated carbocycles. The van der Waals surface area contributed by atoms with E-state index in [-0.39, 0.29) is 11.2 Å². The van der Waals surface area contributed by atoms with Gasteiger partial charge in [0.2, 0.25) is 0 Å². The first-order valence-electron chi connectivity index (χ1n) is 7.60. The van der Waals surface area contributed by atoms with Gasteiger partial charge >= 0.3 is 5.97 Å². The van der Waals surface area contributed by atoms with E-state index in [1.807, 2.05) is 18.2 Å². The van der Waals surface area contributed by atoms with Crippen molar-refractivity contribution in [2.75, 3.05) is 6.61 Å². The van der Waals surface area contributed by atoms with Crippen LogP contribution in [0, 0.1) is 6.92 Å². The van der Waals surface area contributed by atoms with E-state index in [9.17, 15) is 4.79 Å². The number of rotatable bonds is 3. The summed E-state index contributed by atoms with van der Waals surface area (Å²) in [6.45, 7) is 2.57. The van der Waals surface area contributed by atoms with Gasteiger partial charge in [-0.2, -0.15) is 0 Å². The summed E-state index contributed by atoms with van der Waals surface area (Å²) in [7, 11) is 0. The molecular formula is C18H16N2O2S. The summed E-state index contributed by atoms with van der Waals surface area (Å²) in [5.74, 6) is -0.141. The summed E-state index contributed by atoms with van der Waals surface area (Å²) in [6.07, 6.45) is 0.737. The van der Waals surface area contributed by atoms with E-state index >= 15 is 0 Å². The van der Waals surface area contributed by atoms with Gasteiger partial charge in [0.05, 0.1) is 17.6 Å². The van der Waals surface area contributed by atoms with Crippen molar-refractivity contribution < 1.29 is 9.53 Å². The highest BCUT2D eigenvalue weighted by atomic mass is 32.2. The minimum Gasteiger partial charge on any atom is -0.465 e. The number of cyclic esters (lactones) is 1. The van der Waals surface area contributed by atoms with Gasteiger partial charge in [-0.05, 0) is 31.2 Å². The predicted molar refractivity (Wildman–Crippen MR) is 91.0 cm³/mol. The minimum atomic E-state index is -0.170. The molecule has 0 radical (unpaired) electrons. The SMILES string of the molecule is Cc1ccc(-n2c(S[C@H]3CCOC3=O)nc3ccccc32)cc1. The Labute approximate surface area is 138 Å². The van der Waals surface area contributed by atoms with E-state index in [1.165, 1.54) is 17.3 Å². The average molecular weight is 324 g/mol.